The number of anilines is 1. The van der Waals surface area contributed by atoms with Gasteiger partial charge in [-0.05, 0) is 49.9 Å². The van der Waals surface area contributed by atoms with Gasteiger partial charge in [-0.25, -0.2) is 8.42 Å². The van der Waals surface area contributed by atoms with Gasteiger partial charge in [0.2, 0.25) is 10.0 Å². The largest absolute Gasteiger partial charge is 0.398 e. The van der Waals surface area contributed by atoms with Crippen LogP contribution in [0.5, 0.6) is 0 Å². The Morgan fingerprint density at radius 2 is 1.81 bits per heavy atom. The number of nitrogen functional groups attached to an aromatic ring is 1. The molecule has 0 heterocycles. The Labute approximate surface area is 126 Å². The van der Waals surface area contributed by atoms with Gasteiger partial charge >= 0.3 is 0 Å². The molecule has 2 rings (SSSR count). The molecule has 0 aromatic heterocycles. The number of aryl methyl sites for hydroxylation is 2. The zero-order valence-corrected chi connectivity index (χ0v) is 13.5. The highest BCUT2D eigenvalue weighted by atomic mass is 32.2. The molecule has 1 fully saturated rings. The fourth-order valence-corrected chi connectivity index (χ4v) is 4.81. The molecule has 0 amide bonds. The Hall–Kier alpha value is -1.11. The average molecular weight is 312 g/mol. The van der Waals surface area contributed by atoms with Gasteiger partial charge in [-0.2, -0.15) is 4.31 Å². The molecular weight excluding hydrogens is 288 g/mol. The lowest BCUT2D eigenvalue weighted by molar-refractivity contribution is 0.226. The number of hydrogen-bond donors (Lipinski definition) is 2. The van der Waals surface area contributed by atoms with E-state index >= 15 is 0 Å². The first kappa shape index (κ1) is 16.3. The summed E-state index contributed by atoms with van der Waals surface area (Å²) >= 11 is 0. The van der Waals surface area contributed by atoms with Crippen molar-refractivity contribution in [1.29, 1.82) is 0 Å². The first-order valence-corrected chi connectivity index (χ1v) is 8.81. The molecule has 0 radical (unpaired) electrons. The number of nitrogens with zero attached hydrogens (tertiary/aromatic N) is 1. The number of benzene rings is 1. The summed E-state index contributed by atoms with van der Waals surface area (Å²) in [5.41, 5.74) is 8.09. The first-order chi connectivity index (χ1) is 9.87. The highest BCUT2D eigenvalue weighted by Gasteiger charge is 2.34. The van der Waals surface area contributed by atoms with E-state index in [0.29, 0.717) is 0 Å². The van der Waals surface area contributed by atoms with E-state index in [9.17, 15) is 13.5 Å². The van der Waals surface area contributed by atoms with Gasteiger partial charge in [0, 0.05) is 12.6 Å². The normalized spacial score (nSPS) is 16.8. The second kappa shape index (κ2) is 6.34. The predicted octanol–water partition coefficient (Wildman–Crippen LogP) is 1.81. The van der Waals surface area contributed by atoms with E-state index < -0.39 is 10.0 Å². The van der Waals surface area contributed by atoms with E-state index in [1.54, 1.807) is 12.1 Å². The van der Waals surface area contributed by atoms with Gasteiger partial charge in [0.1, 0.15) is 4.90 Å². The molecular formula is C15H24N2O3S. The van der Waals surface area contributed by atoms with Crippen molar-refractivity contribution in [2.75, 3.05) is 18.9 Å². The third-order valence-electron chi connectivity index (χ3n) is 4.27. The summed E-state index contributed by atoms with van der Waals surface area (Å²) < 4.78 is 27.3. The van der Waals surface area contributed by atoms with Gasteiger partial charge in [-0.1, -0.05) is 12.8 Å². The fourth-order valence-electron chi connectivity index (χ4n) is 2.95. The zero-order valence-electron chi connectivity index (χ0n) is 12.7. The van der Waals surface area contributed by atoms with Crippen molar-refractivity contribution in [2.24, 2.45) is 0 Å². The van der Waals surface area contributed by atoms with Crippen LogP contribution in [-0.4, -0.2) is 37.0 Å². The van der Waals surface area contributed by atoms with Crippen molar-refractivity contribution in [3.8, 4) is 0 Å². The summed E-state index contributed by atoms with van der Waals surface area (Å²) in [4.78, 5) is 0.158. The molecule has 3 N–H and O–H groups in total. The van der Waals surface area contributed by atoms with Crippen LogP contribution >= 0.6 is 0 Å². The molecule has 1 aliphatic rings. The van der Waals surface area contributed by atoms with Crippen molar-refractivity contribution in [2.45, 2.75) is 50.5 Å². The van der Waals surface area contributed by atoms with Crippen LogP contribution in [0.4, 0.5) is 5.69 Å². The summed E-state index contributed by atoms with van der Waals surface area (Å²) in [5.74, 6) is 0. The highest BCUT2D eigenvalue weighted by Crippen LogP contribution is 2.31. The third kappa shape index (κ3) is 3.22. The zero-order chi connectivity index (χ0) is 15.6. The Morgan fingerprint density at radius 1 is 1.24 bits per heavy atom. The van der Waals surface area contributed by atoms with Crippen molar-refractivity contribution in [3.63, 3.8) is 0 Å². The average Bonchev–Trinajstić information content (AvgIpc) is 2.93. The van der Waals surface area contributed by atoms with Crippen LogP contribution in [0, 0.1) is 13.8 Å². The number of aliphatic hydroxyl groups excluding tert-OH is 1. The molecule has 0 bridgehead atoms. The molecule has 0 aliphatic heterocycles. The van der Waals surface area contributed by atoms with E-state index in [2.05, 4.69) is 0 Å². The van der Waals surface area contributed by atoms with E-state index in [-0.39, 0.29) is 29.8 Å². The smallest absolute Gasteiger partial charge is 0.245 e. The van der Waals surface area contributed by atoms with Gasteiger partial charge in [0.05, 0.1) is 12.3 Å². The molecule has 1 saturated carbocycles. The fraction of sp³-hybridized carbons (Fsp3) is 0.600. The topological polar surface area (TPSA) is 83.6 Å². The molecule has 0 unspecified atom stereocenters. The lowest BCUT2D eigenvalue weighted by Gasteiger charge is -2.28. The Morgan fingerprint density at radius 3 is 2.38 bits per heavy atom. The van der Waals surface area contributed by atoms with Crippen LogP contribution in [0.25, 0.3) is 0 Å². The van der Waals surface area contributed by atoms with Gasteiger partial charge in [-0.15, -0.1) is 0 Å². The van der Waals surface area contributed by atoms with E-state index in [1.807, 2.05) is 13.8 Å². The molecule has 0 atom stereocenters. The van der Waals surface area contributed by atoms with Crippen LogP contribution in [0.1, 0.15) is 36.8 Å². The lowest BCUT2D eigenvalue weighted by atomic mass is 10.1. The third-order valence-corrected chi connectivity index (χ3v) is 6.27. The van der Waals surface area contributed by atoms with E-state index in [4.69, 9.17) is 5.73 Å². The van der Waals surface area contributed by atoms with Crippen molar-refractivity contribution in [1.82, 2.24) is 4.31 Å². The van der Waals surface area contributed by atoms with Gasteiger partial charge in [0.25, 0.3) is 0 Å². The predicted molar refractivity (Wildman–Crippen MR) is 83.6 cm³/mol. The Bertz CT molecular complexity index is 608. The first-order valence-electron chi connectivity index (χ1n) is 7.37. The number of sulfonamides is 1. The lowest BCUT2D eigenvalue weighted by Crippen LogP contribution is -2.41. The van der Waals surface area contributed by atoms with Crippen LogP contribution in [-0.2, 0) is 10.0 Å². The summed E-state index contributed by atoms with van der Waals surface area (Å²) in [6, 6.07) is 3.32. The maximum Gasteiger partial charge on any atom is 0.245 e. The second-order valence-corrected chi connectivity index (χ2v) is 7.61. The summed E-state index contributed by atoms with van der Waals surface area (Å²) in [6.45, 7) is 3.73. The molecule has 0 spiro atoms. The van der Waals surface area contributed by atoms with Crippen LogP contribution in [0.15, 0.2) is 17.0 Å². The number of hydrogen-bond acceptors (Lipinski definition) is 4. The number of rotatable bonds is 5. The van der Waals surface area contributed by atoms with E-state index in [0.717, 1.165) is 36.8 Å². The highest BCUT2D eigenvalue weighted by molar-refractivity contribution is 7.89. The van der Waals surface area contributed by atoms with Crippen LogP contribution in [0.3, 0.4) is 0 Å². The molecule has 118 valence electrons. The maximum atomic E-state index is 12.9. The molecule has 6 heteroatoms. The van der Waals surface area contributed by atoms with Gasteiger partial charge in [0.15, 0.2) is 0 Å². The van der Waals surface area contributed by atoms with E-state index in [1.165, 1.54) is 4.31 Å². The molecule has 21 heavy (non-hydrogen) atoms. The second-order valence-electron chi connectivity index (χ2n) is 5.75. The van der Waals surface area contributed by atoms with Gasteiger partial charge < -0.3 is 10.8 Å². The van der Waals surface area contributed by atoms with Crippen LogP contribution in [0.2, 0.25) is 0 Å². The minimum atomic E-state index is -3.67. The molecule has 0 saturated heterocycles. The van der Waals surface area contributed by atoms with Crippen molar-refractivity contribution >= 4 is 15.7 Å². The SMILES string of the molecule is Cc1cc(N)c(S(=O)(=O)N(CCO)C2CCCC2)cc1C. The maximum absolute atomic E-state index is 12.9. The molecule has 1 aliphatic carbocycles. The number of aliphatic hydroxyl groups is 1. The van der Waals surface area contributed by atoms with Gasteiger partial charge in [-0.3, -0.25) is 0 Å². The molecule has 5 nitrogen and oxygen atoms in total. The minimum absolute atomic E-state index is 0.0249. The quantitative estimate of drug-likeness (QED) is 0.812. The standard InChI is InChI=1S/C15H24N2O3S/c1-11-9-14(16)15(10-12(11)2)21(19,20)17(7-8-18)13-5-3-4-6-13/h9-10,13,18H,3-8,16H2,1-2H3. The van der Waals surface area contributed by atoms with Crippen molar-refractivity contribution < 1.29 is 13.5 Å². The molecule has 1 aromatic rings. The summed E-state index contributed by atoms with van der Waals surface area (Å²) in [5, 5.41) is 9.24. The Kier molecular flexibility index (Phi) is 4.91. The molecule has 1 aromatic carbocycles. The summed E-state index contributed by atoms with van der Waals surface area (Å²) in [7, 11) is -3.67. The minimum Gasteiger partial charge on any atom is -0.398 e. The van der Waals surface area contributed by atoms with Crippen LogP contribution < -0.4 is 5.73 Å². The number of nitrogens with two attached hydrogens (primary N) is 1. The van der Waals surface area contributed by atoms with Crippen molar-refractivity contribution in [3.05, 3.63) is 23.3 Å². The Balaban J connectivity index is 2.45. The monoisotopic (exact) mass is 312 g/mol. The summed E-state index contributed by atoms with van der Waals surface area (Å²) in [6.07, 6.45) is 3.77.